The number of para-hydroxylation sites is 2. The van der Waals surface area contributed by atoms with Gasteiger partial charge < -0.3 is 20.4 Å². The Morgan fingerprint density at radius 3 is 2.36 bits per heavy atom. The van der Waals surface area contributed by atoms with Crippen LogP contribution in [0.1, 0.15) is 16.8 Å². The second-order valence-electron chi connectivity index (χ2n) is 6.97. The molecule has 7 nitrogen and oxygen atoms in total. The molecule has 144 valence electrons. The highest BCUT2D eigenvalue weighted by atomic mass is 16.2. The van der Waals surface area contributed by atoms with E-state index in [0.717, 1.165) is 18.8 Å². The van der Waals surface area contributed by atoms with Gasteiger partial charge in [-0.2, -0.15) is 0 Å². The molecule has 1 atom stereocenters. The molecule has 2 N–H and O–H groups in total. The van der Waals surface area contributed by atoms with E-state index in [4.69, 9.17) is 0 Å². The third-order valence-electron chi connectivity index (χ3n) is 5.18. The van der Waals surface area contributed by atoms with Crippen LogP contribution in [0.25, 0.3) is 0 Å². The van der Waals surface area contributed by atoms with Crippen molar-refractivity contribution in [2.24, 2.45) is 0 Å². The number of hydrogen-bond acceptors (Lipinski definition) is 4. The van der Waals surface area contributed by atoms with Gasteiger partial charge >= 0.3 is 0 Å². The second kappa shape index (κ2) is 7.72. The summed E-state index contributed by atoms with van der Waals surface area (Å²) in [6.07, 6.45) is -0.0447. The molecule has 0 saturated carbocycles. The van der Waals surface area contributed by atoms with Crippen LogP contribution in [0, 0.1) is 0 Å². The molecular weight excluding hydrogens is 356 g/mol. The van der Waals surface area contributed by atoms with Crippen LogP contribution in [0.2, 0.25) is 0 Å². The van der Waals surface area contributed by atoms with Crippen LogP contribution in [0.4, 0.5) is 11.4 Å². The summed E-state index contributed by atoms with van der Waals surface area (Å²) in [6, 6.07) is 16.0. The average Bonchev–Trinajstić information content (AvgIpc) is 2.85. The Morgan fingerprint density at radius 2 is 1.61 bits per heavy atom. The zero-order valence-electron chi connectivity index (χ0n) is 15.4. The predicted octanol–water partition coefficient (Wildman–Crippen LogP) is 1.48. The molecule has 2 heterocycles. The molecule has 1 saturated heterocycles. The maximum absolute atomic E-state index is 12.7. The monoisotopic (exact) mass is 378 g/mol. The van der Waals surface area contributed by atoms with E-state index < -0.39 is 6.04 Å². The van der Waals surface area contributed by atoms with E-state index in [9.17, 15) is 14.4 Å². The fraction of sp³-hybridized carbons (Fsp3) is 0.286. The number of rotatable bonds is 3. The van der Waals surface area contributed by atoms with Gasteiger partial charge in [-0.3, -0.25) is 14.4 Å². The van der Waals surface area contributed by atoms with Gasteiger partial charge in [0.2, 0.25) is 11.8 Å². The van der Waals surface area contributed by atoms with E-state index in [1.807, 2.05) is 18.2 Å². The van der Waals surface area contributed by atoms with Crippen molar-refractivity contribution < 1.29 is 14.4 Å². The minimum absolute atomic E-state index is 0.0447. The summed E-state index contributed by atoms with van der Waals surface area (Å²) in [4.78, 5) is 41.6. The van der Waals surface area contributed by atoms with E-state index in [1.165, 1.54) is 0 Å². The van der Waals surface area contributed by atoms with Crippen LogP contribution in [0.15, 0.2) is 54.6 Å². The first kappa shape index (κ1) is 18.0. The number of hydrogen-bond donors (Lipinski definition) is 2. The third-order valence-corrected chi connectivity index (χ3v) is 5.18. The number of carbonyl (C=O) groups is 3. The molecule has 0 aliphatic carbocycles. The standard InChI is InChI=1S/C21H22N4O3/c26-19(25-12-10-24(11-13-25)15-6-2-1-3-7-15)14-18-21(28)22-17-9-5-4-8-16(17)20(27)23-18/h1-9,18H,10-14H2,(H,22,28)(H,23,27). The molecule has 3 amide bonds. The topological polar surface area (TPSA) is 81.8 Å². The summed E-state index contributed by atoms with van der Waals surface area (Å²) in [7, 11) is 0. The van der Waals surface area contributed by atoms with Crippen molar-refractivity contribution in [3.8, 4) is 0 Å². The Balaban J connectivity index is 1.37. The summed E-state index contributed by atoms with van der Waals surface area (Å²) >= 11 is 0. The summed E-state index contributed by atoms with van der Waals surface area (Å²) in [5, 5.41) is 5.42. The highest BCUT2D eigenvalue weighted by Gasteiger charge is 2.31. The third kappa shape index (κ3) is 3.69. The molecule has 7 heteroatoms. The van der Waals surface area contributed by atoms with E-state index in [2.05, 4.69) is 27.7 Å². The number of anilines is 2. The average molecular weight is 378 g/mol. The number of piperazine rings is 1. The van der Waals surface area contributed by atoms with Crippen LogP contribution in [0.3, 0.4) is 0 Å². The van der Waals surface area contributed by atoms with E-state index >= 15 is 0 Å². The highest BCUT2D eigenvalue weighted by molar-refractivity contribution is 6.10. The Bertz CT molecular complexity index is 892. The van der Waals surface area contributed by atoms with E-state index in [0.29, 0.717) is 24.3 Å². The summed E-state index contributed by atoms with van der Waals surface area (Å²) in [5.74, 6) is -0.839. The molecule has 0 spiro atoms. The minimum atomic E-state index is -0.875. The summed E-state index contributed by atoms with van der Waals surface area (Å²) in [6.45, 7) is 2.67. The van der Waals surface area contributed by atoms with Crippen LogP contribution in [0.5, 0.6) is 0 Å². The van der Waals surface area contributed by atoms with Gasteiger partial charge in [0, 0.05) is 31.9 Å². The normalized spacial score (nSPS) is 19.4. The SMILES string of the molecule is O=C1NC(CC(=O)N2CCN(c3ccccc3)CC2)C(=O)Nc2ccccc21. The van der Waals surface area contributed by atoms with Crippen molar-refractivity contribution in [3.63, 3.8) is 0 Å². The van der Waals surface area contributed by atoms with Crippen molar-refractivity contribution in [1.29, 1.82) is 0 Å². The van der Waals surface area contributed by atoms with Crippen molar-refractivity contribution in [3.05, 3.63) is 60.2 Å². The smallest absolute Gasteiger partial charge is 0.254 e. The van der Waals surface area contributed by atoms with Gasteiger partial charge in [-0.05, 0) is 24.3 Å². The van der Waals surface area contributed by atoms with E-state index in [-0.39, 0.29) is 24.1 Å². The molecule has 2 aromatic carbocycles. The molecule has 1 unspecified atom stereocenters. The molecule has 2 aliphatic heterocycles. The van der Waals surface area contributed by atoms with Crippen LogP contribution < -0.4 is 15.5 Å². The summed E-state index contributed by atoms with van der Waals surface area (Å²) in [5.41, 5.74) is 2.02. The van der Waals surface area contributed by atoms with Crippen molar-refractivity contribution >= 4 is 29.1 Å². The fourth-order valence-electron chi connectivity index (χ4n) is 3.61. The van der Waals surface area contributed by atoms with E-state index in [1.54, 1.807) is 29.2 Å². The second-order valence-corrected chi connectivity index (χ2v) is 6.97. The lowest BCUT2D eigenvalue weighted by molar-refractivity contribution is -0.134. The zero-order chi connectivity index (χ0) is 19.5. The Morgan fingerprint density at radius 1 is 0.929 bits per heavy atom. The number of fused-ring (bicyclic) bond motifs is 1. The molecule has 2 aromatic rings. The lowest BCUT2D eigenvalue weighted by Gasteiger charge is -2.36. The number of benzene rings is 2. The molecule has 0 bridgehead atoms. The molecule has 1 fully saturated rings. The van der Waals surface area contributed by atoms with Crippen molar-refractivity contribution in [2.75, 3.05) is 36.4 Å². The Kier molecular flexibility index (Phi) is 4.97. The van der Waals surface area contributed by atoms with Crippen LogP contribution >= 0.6 is 0 Å². The number of carbonyl (C=O) groups excluding carboxylic acids is 3. The Labute approximate surface area is 163 Å². The zero-order valence-corrected chi connectivity index (χ0v) is 15.4. The first-order valence-electron chi connectivity index (χ1n) is 9.40. The van der Waals surface area contributed by atoms with Crippen molar-refractivity contribution in [2.45, 2.75) is 12.5 Å². The fourth-order valence-corrected chi connectivity index (χ4v) is 3.61. The quantitative estimate of drug-likeness (QED) is 0.848. The first-order valence-corrected chi connectivity index (χ1v) is 9.40. The minimum Gasteiger partial charge on any atom is -0.368 e. The predicted molar refractivity (Wildman–Crippen MR) is 106 cm³/mol. The van der Waals surface area contributed by atoms with Gasteiger partial charge in [-0.15, -0.1) is 0 Å². The van der Waals surface area contributed by atoms with Gasteiger partial charge in [0.1, 0.15) is 6.04 Å². The molecule has 28 heavy (non-hydrogen) atoms. The largest absolute Gasteiger partial charge is 0.368 e. The molecular formula is C21H22N4O3. The Hall–Kier alpha value is -3.35. The number of nitrogens with zero attached hydrogens (tertiary/aromatic N) is 2. The van der Waals surface area contributed by atoms with Gasteiger partial charge in [0.15, 0.2) is 0 Å². The first-order chi connectivity index (χ1) is 13.6. The van der Waals surface area contributed by atoms with Gasteiger partial charge in [-0.25, -0.2) is 0 Å². The van der Waals surface area contributed by atoms with Gasteiger partial charge in [0.25, 0.3) is 5.91 Å². The number of nitrogens with one attached hydrogen (secondary N) is 2. The maximum atomic E-state index is 12.7. The number of amides is 3. The summed E-state index contributed by atoms with van der Waals surface area (Å²) < 4.78 is 0. The van der Waals surface area contributed by atoms with Crippen LogP contribution in [-0.2, 0) is 9.59 Å². The lowest BCUT2D eigenvalue weighted by atomic mass is 10.1. The van der Waals surface area contributed by atoms with Gasteiger partial charge in [-0.1, -0.05) is 30.3 Å². The van der Waals surface area contributed by atoms with Gasteiger partial charge in [0.05, 0.1) is 17.7 Å². The maximum Gasteiger partial charge on any atom is 0.254 e. The molecule has 4 rings (SSSR count). The van der Waals surface area contributed by atoms with Crippen LogP contribution in [-0.4, -0.2) is 54.8 Å². The lowest BCUT2D eigenvalue weighted by Crippen LogP contribution is -2.51. The molecule has 0 radical (unpaired) electrons. The highest BCUT2D eigenvalue weighted by Crippen LogP contribution is 2.20. The molecule has 0 aromatic heterocycles. The molecule has 2 aliphatic rings. The van der Waals surface area contributed by atoms with Crippen molar-refractivity contribution in [1.82, 2.24) is 10.2 Å².